The Morgan fingerprint density at radius 3 is 2.33 bits per heavy atom. The number of hydrogen-bond donors (Lipinski definition) is 1. The van der Waals surface area contributed by atoms with E-state index in [1.807, 2.05) is 30.3 Å². The SMILES string of the molecule is CCC1(CC)C[C@@H](NC(=O)[C@H](C)N(c2ccccc2)S(C)(=O)=O)c2ccccc2O1. The standard InChI is InChI=1S/C23H30N2O4S/c1-5-23(6-2)16-20(19-14-10-11-15-21(19)29-23)24-22(26)17(3)25(30(4,27)28)18-12-8-7-9-13-18/h7-15,17,20H,5-6,16H2,1-4H3,(H,24,26)/t17-,20+/m0/s1. The molecule has 1 aliphatic heterocycles. The van der Waals surface area contributed by atoms with Crippen molar-refractivity contribution in [1.82, 2.24) is 5.32 Å². The topological polar surface area (TPSA) is 75.7 Å². The van der Waals surface area contributed by atoms with Gasteiger partial charge in [-0.25, -0.2) is 8.42 Å². The van der Waals surface area contributed by atoms with Gasteiger partial charge in [-0.3, -0.25) is 9.10 Å². The van der Waals surface area contributed by atoms with Crippen molar-refractivity contribution in [3.63, 3.8) is 0 Å². The summed E-state index contributed by atoms with van der Waals surface area (Å²) in [6.45, 7) is 5.78. The van der Waals surface area contributed by atoms with Gasteiger partial charge in [0, 0.05) is 12.0 Å². The summed E-state index contributed by atoms with van der Waals surface area (Å²) in [4.78, 5) is 13.2. The van der Waals surface area contributed by atoms with Crippen molar-refractivity contribution in [3.8, 4) is 5.75 Å². The highest BCUT2D eigenvalue weighted by Gasteiger charge is 2.40. The molecule has 0 aliphatic carbocycles. The number of nitrogens with one attached hydrogen (secondary N) is 1. The molecule has 1 heterocycles. The lowest BCUT2D eigenvalue weighted by Gasteiger charge is -2.42. The van der Waals surface area contributed by atoms with Crippen molar-refractivity contribution in [3.05, 3.63) is 60.2 Å². The number of carbonyl (C=O) groups excluding carboxylic acids is 1. The van der Waals surface area contributed by atoms with Gasteiger partial charge in [0.2, 0.25) is 15.9 Å². The van der Waals surface area contributed by atoms with Crippen LogP contribution in [-0.4, -0.2) is 32.2 Å². The summed E-state index contributed by atoms with van der Waals surface area (Å²) in [5.74, 6) is 0.431. The number of benzene rings is 2. The predicted octanol–water partition coefficient (Wildman–Crippen LogP) is 4.04. The molecule has 2 aromatic rings. The molecule has 0 radical (unpaired) electrons. The van der Waals surface area contributed by atoms with Gasteiger partial charge in [0.1, 0.15) is 17.4 Å². The molecule has 0 unspecified atom stereocenters. The molecule has 0 saturated carbocycles. The first-order valence-corrected chi connectivity index (χ1v) is 12.2. The summed E-state index contributed by atoms with van der Waals surface area (Å²) in [5.41, 5.74) is 1.03. The molecule has 6 nitrogen and oxygen atoms in total. The molecule has 2 atom stereocenters. The van der Waals surface area contributed by atoms with Crippen molar-refractivity contribution in [2.75, 3.05) is 10.6 Å². The lowest BCUT2D eigenvalue weighted by Crippen LogP contribution is -2.51. The first-order valence-electron chi connectivity index (χ1n) is 10.3. The van der Waals surface area contributed by atoms with E-state index in [1.54, 1.807) is 31.2 Å². The predicted molar refractivity (Wildman–Crippen MR) is 119 cm³/mol. The Morgan fingerprint density at radius 1 is 1.13 bits per heavy atom. The van der Waals surface area contributed by atoms with E-state index in [1.165, 1.54) is 4.31 Å². The first kappa shape index (κ1) is 22.2. The van der Waals surface area contributed by atoms with Crippen LogP contribution in [0.15, 0.2) is 54.6 Å². The zero-order chi connectivity index (χ0) is 21.9. The third-order valence-electron chi connectivity index (χ3n) is 5.90. The van der Waals surface area contributed by atoms with E-state index >= 15 is 0 Å². The molecule has 0 fully saturated rings. The Balaban J connectivity index is 1.90. The van der Waals surface area contributed by atoms with Crippen LogP contribution in [0.2, 0.25) is 0 Å². The van der Waals surface area contributed by atoms with Crippen LogP contribution in [0.25, 0.3) is 0 Å². The Kier molecular flexibility index (Phi) is 6.41. The molecule has 3 rings (SSSR count). The maximum atomic E-state index is 13.2. The first-order chi connectivity index (χ1) is 14.2. The molecule has 162 valence electrons. The highest BCUT2D eigenvalue weighted by atomic mass is 32.2. The van der Waals surface area contributed by atoms with Crippen molar-refractivity contribution in [2.45, 2.75) is 57.7 Å². The average Bonchev–Trinajstić information content (AvgIpc) is 2.73. The van der Waals surface area contributed by atoms with Crippen LogP contribution in [0.4, 0.5) is 5.69 Å². The molecule has 0 aromatic heterocycles. The van der Waals surface area contributed by atoms with Gasteiger partial charge in [-0.15, -0.1) is 0 Å². The summed E-state index contributed by atoms with van der Waals surface area (Å²) in [5, 5.41) is 3.10. The zero-order valence-corrected chi connectivity index (χ0v) is 18.8. The van der Waals surface area contributed by atoms with Gasteiger partial charge in [-0.2, -0.15) is 0 Å². The molecule has 0 bridgehead atoms. The molecule has 30 heavy (non-hydrogen) atoms. The van der Waals surface area contributed by atoms with E-state index in [2.05, 4.69) is 19.2 Å². The minimum absolute atomic E-state index is 0.248. The van der Waals surface area contributed by atoms with Crippen LogP contribution in [0, 0.1) is 0 Å². The maximum Gasteiger partial charge on any atom is 0.244 e. The van der Waals surface area contributed by atoms with Crippen LogP contribution in [0.1, 0.15) is 51.6 Å². The van der Waals surface area contributed by atoms with E-state index < -0.39 is 16.1 Å². The number of sulfonamides is 1. The van der Waals surface area contributed by atoms with E-state index in [4.69, 9.17) is 4.74 Å². The summed E-state index contributed by atoms with van der Waals surface area (Å²) in [6.07, 6.45) is 3.39. The Bertz CT molecular complexity index is 987. The highest BCUT2D eigenvalue weighted by Crippen LogP contribution is 2.42. The fourth-order valence-corrected chi connectivity index (χ4v) is 5.28. The quantitative estimate of drug-likeness (QED) is 0.719. The Labute approximate surface area is 179 Å². The zero-order valence-electron chi connectivity index (χ0n) is 18.0. The Morgan fingerprint density at radius 2 is 1.73 bits per heavy atom. The lowest BCUT2D eigenvalue weighted by atomic mass is 9.83. The lowest BCUT2D eigenvalue weighted by molar-refractivity contribution is -0.123. The van der Waals surface area contributed by atoms with Gasteiger partial charge in [-0.05, 0) is 38.0 Å². The molecule has 0 spiro atoms. The van der Waals surface area contributed by atoms with Gasteiger partial charge in [0.15, 0.2) is 0 Å². The number of rotatable bonds is 7. The van der Waals surface area contributed by atoms with E-state index in [9.17, 15) is 13.2 Å². The van der Waals surface area contributed by atoms with Crippen LogP contribution >= 0.6 is 0 Å². The van der Waals surface area contributed by atoms with Gasteiger partial charge in [0.05, 0.1) is 18.0 Å². The highest BCUT2D eigenvalue weighted by molar-refractivity contribution is 7.92. The second kappa shape index (κ2) is 8.68. The van der Waals surface area contributed by atoms with Gasteiger partial charge in [0.25, 0.3) is 0 Å². The molecule has 1 N–H and O–H groups in total. The second-order valence-electron chi connectivity index (χ2n) is 7.87. The fourth-order valence-electron chi connectivity index (χ4n) is 4.11. The third-order valence-corrected chi connectivity index (χ3v) is 7.14. The van der Waals surface area contributed by atoms with Gasteiger partial charge >= 0.3 is 0 Å². The molecule has 7 heteroatoms. The summed E-state index contributed by atoms with van der Waals surface area (Å²) >= 11 is 0. The monoisotopic (exact) mass is 430 g/mol. The molecule has 1 amide bonds. The van der Waals surface area contributed by atoms with Crippen molar-refractivity contribution in [1.29, 1.82) is 0 Å². The fraction of sp³-hybridized carbons (Fsp3) is 0.435. The second-order valence-corrected chi connectivity index (χ2v) is 9.73. The minimum atomic E-state index is -3.65. The van der Waals surface area contributed by atoms with Gasteiger partial charge < -0.3 is 10.1 Å². The maximum absolute atomic E-state index is 13.2. The normalized spacial score (nSPS) is 18.6. The van der Waals surface area contributed by atoms with E-state index in [-0.39, 0.29) is 17.6 Å². The smallest absolute Gasteiger partial charge is 0.244 e. The average molecular weight is 431 g/mol. The Hall–Kier alpha value is -2.54. The number of ether oxygens (including phenoxy) is 1. The van der Waals surface area contributed by atoms with E-state index in [0.717, 1.165) is 30.4 Å². The van der Waals surface area contributed by atoms with Crippen LogP contribution in [0.5, 0.6) is 5.75 Å². The number of nitrogens with zero attached hydrogens (tertiary/aromatic N) is 1. The van der Waals surface area contributed by atoms with Crippen LogP contribution in [-0.2, 0) is 14.8 Å². The van der Waals surface area contributed by atoms with Gasteiger partial charge in [-0.1, -0.05) is 50.2 Å². The summed E-state index contributed by atoms with van der Waals surface area (Å²) in [6, 6.07) is 15.3. The number of amides is 1. The summed E-state index contributed by atoms with van der Waals surface area (Å²) in [7, 11) is -3.65. The van der Waals surface area contributed by atoms with Crippen molar-refractivity contribution >= 4 is 21.6 Å². The molecule has 2 aromatic carbocycles. The van der Waals surface area contributed by atoms with Crippen LogP contribution < -0.4 is 14.4 Å². The molecule has 0 saturated heterocycles. The number of anilines is 1. The molecular weight excluding hydrogens is 400 g/mol. The van der Waals surface area contributed by atoms with Crippen molar-refractivity contribution < 1.29 is 17.9 Å². The molecule has 1 aliphatic rings. The number of fused-ring (bicyclic) bond motifs is 1. The largest absolute Gasteiger partial charge is 0.487 e. The minimum Gasteiger partial charge on any atom is -0.487 e. The molecular formula is C23H30N2O4S. The van der Waals surface area contributed by atoms with Crippen molar-refractivity contribution in [2.24, 2.45) is 0 Å². The van der Waals surface area contributed by atoms with E-state index in [0.29, 0.717) is 12.1 Å². The third kappa shape index (κ3) is 4.46. The summed E-state index contributed by atoms with van der Waals surface area (Å²) < 4.78 is 32.5. The number of hydrogen-bond acceptors (Lipinski definition) is 4. The number of para-hydroxylation sites is 2. The van der Waals surface area contributed by atoms with Crippen LogP contribution in [0.3, 0.4) is 0 Å². The number of carbonyl (C=O) groups is 1.